The second-order valence-corrected chi connectivity index (χ2v) is 7.70. The predicted molar refractivity (Wildman–Crippen MR) is 126 cm³/mol. The number of aromatic hydroxyl groups is 1. The fraction of sp³-hybridized carbons (Fsp3) is 0.0800. The summed E-state index contributed by atoms with van der Waals surface area (Å²) >= 11 is 0. The molecule has 0 atom stereocenters. The van der Waals surface area contributed by atoms with E-state index in [1.807, 2.05) is 0 Å². The number of carboxylic acid groups (broad SMARTS) is 2. The molecule has 0 saturated carbocycles. The van der Waals surface area contributed by atoms with Gasteiger partial charge in [0.1, 0.15) is 17.1 Å². The molecule has 0 aromatic heterocycles. The van der Waals surface area contributed by atoms with Crippen molar-refractivity contribution in [1.29, 1.82) is 0 Å². The highest BCUT2D eigenvalue weighted by atomic mass is 16.4. The van der Waals surface area contributed by atoms with Crippen molar-refractivity contribution in [3.63, 3.8) is 0 Å². The zero-order valence-corrected chi connectivity index (χ0v) is 18.4. The highest BCUT2D eigenvalue weighted by molar-refractivity contribution is 6.31. The number of hydrogen-bond donors (Lipinski definition) is 5. The van der Waals surface area contributed by atoms with Gasteiger partial charge in [-0.2, -0.15) is 0 Å². The van der Waals surface area contributed by atoms with Crippen LogP contribution in [0.25, 0.3) is 33.4 Å². The Balaban J connectivity index is 1.76. The van der Waals surface area contributed by atoms with E-state index in [1.165, 1.54) is 48.5 Å². The zero-order valence-electron chi connectivity index (χ0n) is 18.4. The van der Waals surface area contributed by atoms with Crippen molar-refractivity contribution < 1.29 is 38.9 Å². The van der Waals surface area contributed by atoms with E-state index in [-0.39, 0.29) is 52.3 Å². The monoisotopic (exact) mass is 490 g/mol. The van der Waals surface area contributed by atoms with Gasteiger partial charge in [0.05, 0.1) is 5.56 Å². The molecule has 2 aromatic rings. The zero-order chi connectivity index (χ0) is 26.0. The number of carbonyl (C=O) groups is 4. The number of carbonyl (C=O) groups excluding carboxylic acids is 2. The van der Waals surface area contributed by atoms with E-state index in [0.717, 1.165) is 0 Å². The van der Waals surface area contributed by atoms with Crippen LogP contribution in [0.1, 0.15) is 20.7 Å². The number of aromatic carboxylic acids is 1. The number of phenolic OH excluding ortho intramolecular Hbond substituents is 1. The summed E-state index contributed by atoms with van der Waals surface area (Å²) in [5.41, 5.74) is 0.882. The Labute approximate surface area is 201 Å². The van der Waals surface area contributed by atoms with Crippen LogP contribution in [0.15, 0.2) is 63.8 Å². The molecule has 0 fully saturated rings. The lowest BCUT2D eigenvalue weighted by molar-refractivity contribution is -0.150. The number of nitrogens with one attached hydrogen (secondary N) is 2. The molecule has 1 aliphatic heterocycles. The average Bonchev–Trinajstić information content (AvgIpc) is 2.84. The van der Waals surface area contributed by atoms with Crippen molar-refractivity contribution in [1.82, 2.24) is 10.6 Å². The minimum atomic E-state index is -1.65. The predicted octanol–water partition coefficient (Wildman–Crippen LogP) is 1.90. The maximum absolute atomic E-state index is 12.5. The van der Waals surface area contributed by atoms with Crippen molar-refractivity contribution in [2.45, 2.75) is 0 Å². The molecule has 182 valence electrons. The fourth-order valence-corrected chi connectivity index (χ4v) is 3.76. The number of aliphatic carboxylic acids is 1. The van der Waals surface area contributed by atoms with Gasteiger partial charge in [-0.25, -0.2) is 9.59 Å². The molecule has 5 N–H and O–H groups in total. The van der Waals surface area contributed by atoms with Gasteiger partial charge in [0, 0.05) is 47.3 Å². The topological polar surface area (TPSA) is 183 Å². The molecule has 36 heavy (non-hydrogen) atoms. The van der Waals surface area contributed by atoms with E-state index in [0.29, 0.717) is 16.5 Å². The third-order valence-electron chi connectivity index (χ3n) is 5.35. The summed E-state index contributed by atoms with van der Waals surface area (Å²) in [6.07, 6.45) is 0. The summed E-state index contributed by atoms with van der Waals surface area (Å²) in [7, 11) is 0. The van der Waals surface area contributed by atoms with Crippen LogP contribution in [0.2, 0.25) is 0 Å². The minimum Gasteiger partial charge on any atom is -0.508 e. The van der Waals surface area contributed by atoms with Crippen molar-refractivity contribution >= 4 is 34.7 Å². The smallest absolute Gasteiger partial charge is 0.394 e. The summed E-state index contributed by atoms with van der Waals surface area (Å²) in [4.78, 5) is 58.2. The lowest BCUT2D eigenvalue weighted by atomic mass is 9.90. The average molecular weight is 490 g/mol. The Morgan fingerprint density at radius 2 is 1.56 bits per heavy atom. The van der Waals surface area contributed by atoms with E-state index in [2.05, 4.69) is 10.6 Å². The van der Waals surface area contributed by atoms with Gasteiger partial charge in [0.15, 0.2) is 5.43 Å². The second-order valence-electron chi connectivity index (χ2n) is 7.70. The van der Waals surface area contributed by atoms with E-state index >= 15 is 0 Å². The Hall–Kier alpha value is -5.19. The Morgan fingerprint density at radius 3 is 2.28 bits per heavy atom. The number of benzene rings is 3. The van der Waals surface area contributed by atoms with Gasteiger partial charge in [0.2, 0.25) is 0 Å². The standard InChI is InChI=1S/C25H18N2O9/c28-13-2-5-16-19(10-13)36-20-11-14(29)3-6-17(20)21(16)15-4-1-12(9-18(15)24(32)33)22(30)26-7-8-27-23(31)25(34)35/h1-6,9-11,28H,7-8H2,(H,26,30)(H,27,31)(H,32,33)(H,34,35). The molecule has 0 radical (unpaired) electrons. The highest BCUT2D eigenvalue weighted by Crippen LogP contribution is 2.42. The van der Waals surface area contributed by atoms with Crippen molar-refractivity contribution in [2.24, 2.45) is 0 Å². The Kier molecular flexibility index (Phi) is 6.38. The molecule has 0 unspecified atom stereocenters. The first-order chi connectivity index (χ1) is 17.2. The van der Waals surface area contributed by atoms with Crippen LogP contribution >= 0.6 is 0 Å². The quantitative estimate of drug-likeness (QED) is 0.153. The number of rotatable bonds is 6. The second kappa shape index (κ2) is 9.58. The van der Waals surface area contributed by atoms with Crippen LogP contribution in [0.4, 0.5) is 0 Å². The van der Waals surface area contributed by atoms with Crippen LogP contribution in [-0.4, -0.2) is 52.2 Å². The van der Waals surface area contributed by atoms with Crippen LogP contribution in [-0.2, 0) is 9.59 Å². The molecule has 0 bridgehead atoms. The van der Waals surface area contributed by atoms with Gasteiger partial charge in [-0.15, -0.1) is 0 Å². The first-order valence-electron chi connectivity index (χ1n) is 10.5. The fourth-order valence-electron chi connectivity index (χ4n) is 3.76. The summed E-state index contributed by atoms with van der Waals surface area (Å²) in [5.74, 6) is -4.70. The van der Waals surface area contributed by atoms with Gasteiger partial charge in [-0.05, 0) is 42.0 Å². The Bertz CT molecular complexity index is 1570. The van der Waals surface area contributed by atoms with E-state index < -0.39 is 23.8 Å². The molecule has 1 aliphatic carbocycles. The third kappa shape index (κ3) is 4.71. The van der Waals surface area contributed by atoms with Crippen LogP contribution in [0, 0.1) is 0 Å². The molecule has 1 heterocycles. The molecular formula is C25H18N2O9. The molecular weight excluding hydrogens is 472 g/mol. The lowest BCUT2D eigenvalue weighted by Gasteiger charge is -2.17. The van der Waals surface area contributed by atoms with Crippen LogP contribution in [0.5, 0.6) is 5.75 Å². The van der Waals surface area contributed by atoms with Crippen molar-refractivity contribution in [2.75, 3.05) is 13.1 Å². The first-order valence-corrected chi connectivity index (χ1v) is 10.5. The maximum atomic E-state index is 12.5. The molecule has 2 amide bonds. The molecule has 0 saturated heterocycles. The molecule has 2 aromatic carbocycles. The lowest BCUT2D eigenvalue weighted by Crippen LogP contribution is -2.37. The van der Waals surface area contributed by atoms with E-state index in [4.69, 9.17) is 9.52 Å². The highest BCUT2D eigenvalue weighted by Gasteiger charge is 2.23. The first kappa shape index (κ1) is 24.0. The van der Waals surface area contributed by atoms with Gasteiger partial charge < -0.3 is 30.4 Å². The summed E-state index contributed by atoms with van der Waals surface area (Å²) < 4.78 is 5.78. The number of amides is 2. The summed E-state index contributed by atoms with van der Waals surface area (Å²) in [5, 5.41) is 33.4. The largest absolute Gasteiger partial charge is 0.508 e. The third-order valence-corrected chi connectivity index (χ3v) is 5.35. The van der Waals surface area contributed by atoms with Gasteiger partial charge in [-0.3, -0.25) is 14.4 Å². The maximum Gasteiger partial charge on any atom is 0.394 e. The number of fused-ring (bicyclic) bond motifs is 2. The molecule has 4 rings (SSSR count). The van der Waals surface area contributed by atoms with Crippen molar-refractivity contribution in [3.8, 4) is 28.2 Å². The number of phenols is 1. The summed E-state index contributed by atoms with van der Waals surface area (Å²) in [6, 6.07) is 12.5. The van der Waals surface area contributed by atoms with Gasteiger partial charge in [-0.1, -0.05) is 6.07 Å². The molecule has 0 spiro atoms. The van der Waals surface area contributed by atoms with Gasteiger partial charge in [0.25, 0.3) is 5.91 Å². The van der Waals surface area contributed by atoms with Crippen LogP contribution in [0.3, 0.4) is 0 Å². The summed E-state index contributed by atoms with van der Waals surface area (Å²) in [6.45, 7) is -0.223. The van der Waals surface area contributed by atoms with E-state index in [9.17, 15) is 34.2 Å². The van der Waals surface area contributed by atoms with E-state index in [1.54, 1.807) is 6.07 Å². The Morgan fingerprint density at radius 1 is 0.833 bits per heavy atom. The SMILES string of the molecule is O=C(O)C(=O)NCCNC(=O)c1ccc(-c2c3ccc(=O)cc-3oc3cc(O)ccc23)c(C(=O)O)c1. The minimum absolute atomic E-state index is 0.0226. The van der Waals surface area contributed by atoms with Crippen molar-refractivity contribution in [3.05, 3.63) is 75.9 Å². The van der Waals surface area contributed by atoms with Crippen LogP contribution < -0.4 is 16.1 Å². The molecule has 2 aliphatic rings. The normalized spacial score (nSPS) is 10.8. The molecule has 11 nitrogen and oxygen atoms in total. The van der Waals surface area contributed by atoms with Gasteiger partial charge >= 0.3 is 17.8 Å². The number of carboxylic acids is 2. The molecule has 11 heteroatoms. The number of hydrogen-bond acceptors (Lipinski definition) is 7.